The van der Waals surface area contributed by atoms with E-state index in [1.807, 2.05) is 0 Å². The van der Waals surface area contributed by atoms with Crippen molar-refractivity contribution in [1.82, 2.24) is 19.4 Å². The second kappa shape index (κ2) is 12.6. The maximum absolute atomic E-state index is 13.9. The Morgan fingerprint density at radius 1 is 1.12 bits per heavy atom. The molecule has 0 saturated carbocycles. The Morgan fingerprint density at radius 2 is 1.76 bits per heavy atom. The summed E-state index contributed by atoms with van der Waals surface area (Å²) in [5.41, 5.74) is 6.29. The Bertz CT molecular complexity index is 1440. The van der Waals surface area contributed by atoms with E-state index in [2.05, 4.69) is 9.97 Å². The molecule has 0 aliphatic carbocycles. The van der Waals surface area contributed by atoms with Crippen LogP contribution in [0, 0.1) is 17.5 Å². The minimum atomic E-state index is -4.71. The predicted octanol–water partition coefficient (Wildman–Crippen LogP) is 2.76. The minimum Gasteiger partial charge on any atom is -0.481 e. The van der Waals surface area contributed by atoms with Crippen molar-refractivity contribution in [2.75, 3.05) is 13.7 Å². The average molecular weight is 611 g/mol. The van der Waals surface area contributed by atoms with E-state index in [-0.39, 0.29) is 55.3 Å². The smallest absolute Gasteiger partial charge is 0.466 e. The molecule has 0 radical (unpaired) electrons. The highest BCUT2D eigenvalue weighted by molar-refractivity contribution is 7.45. The standard InChI is InChI=1S/C23H21F6N5O2.H3O4P/c1-36-19-3-2-12(10-31-19)21-18-11-33(4-5-34(18)22(32-21)23(27,28)29)20(35)8-14(30)6-13-7-16(25)17(26)9-15(13)24;1-5(2,3)4/h2-3,7,9-10,14H,4-6,8,11,30H2,1H3;(H3,1,2,3,4)/t14-;/m1./s1. The number of pyridine rings is 1. The van der Waals surface area contributed by atoms with Crippen molar-refractivity contribution in [3.8, 4) is 17.1 Å². The number of hydrogen-bond acceptors (Lipinski definition) is 6. The molecule has 224 valence electrons. The van der Waals surface area contributed by atoms with Gasteiger partial charge in [0.15, 0.2) is 11.6 Å². The monoisotopic (exact) mass is 611 g/mol. The molecule has 0 unspecified atom stereocenters. The van der Waals surface area contributed by atoms with Gasteiger partial charge in [0, 0.05) is 49.4 Å². The molecular formula is C23H24F6N5O6P. The number of nitrogens with two attached hydrogens (primary N) is 1. The van der Waals surface area contributed by atoms with Gasteiger partial charge in [-0.2, -0.15) is 13.2 Å². The Kier molecular flexibility index (Phi) is 9.81. The van der Waals surface area contributed by atoms with Gasteiger partial charge in [-0.05, 0) is 24.1 Å². The molecule has 0 fully saturated rings. The number of nitrogens with zero attached hydrogens (tertiary/aromatic N) is 4. The molecule has 0 bridgehead atoms. The van der Waals surface area contributed by atoms with Gasteiger partial charge in [0.2, 0.25) is 17.6 Å². The third kappa shape index (κ3) is 8.50. The summed E-state index contributed by atoms with van der Waals surface area (Å²) in [6, 6.07) is 3.15. The van der Waals surface area contributed by atoms with Crippen molar-refractivity contribution in [3.63, 3.8) is 0 Å². The van der Waals surface area contributed by atoms with E-state index in [0.29, 0.717) is 17.7 Å². The van der Waals surface area contributed by atoms with E-state index >= 15 is 0 Å². The normalized spacial score (nSPS) is 14.2. The fourth-order valence-corrected chi connectivity index (χ4v) is 4.10. The van der Waals surface area contributed by atoms with Crippen LogP contribution in [0.2, 0.25) is 0 Å². The van der Waals surface area contributed by atoms with Gasteiger partial charge in [0.1, 0.15) is 5.82 Å². The van der Waals surface area contributed by atoms with E-state index in [1.165, 1.54) is 30.3 Å². The molecule has 1 atom stereocenters. The highest BCUT2D eigenvalue weighted by Gasteiger charge is 2.41. The number of fused-ring (bicyclic) bond motifs is 1. The number of ether oxygens (including phenoxy) is 1. The summed E-state index contributed by atoms with van der Waals surface area (Å²) in [5, 5.41) is 0. The molecule has 1 aliphatic rings. The number of methoxy groups -OCH3 is 1. The number of rotatable bonds is 6. The molecule has 0 spiro atoms. The van der Waals surface area contributed by atoms with E-state index in [9.17, 15) is 31.1 Å². The summed E-state index contributed by atoms with van der Waals surface area (Å²) in [4.78, 5) is 43.6. The summed E-state index contributed by atoms with van der Waals surface area (Å²) >= 11 is 0. The summed E-state index contributed by atoms with van der Waals surface area (Å²) in [6.07, 6.45) is -3.90. The number of hydrogen-bond donors (Lipinski definition) is 4. The number of imidazole rings is 1. The minimum absolute atomic E-state index is 0.0299. The quantitative estimate of drug-likeness (QED) is 0.186. The van der Waals surface area contributed by atoms with Gasteiger partial charge in [-0.25, -0.2) is 27.7 Å². The van der Waals surface area contributed by atoms with Gasteiger partial charge in [-0.15, -0.1) is 0 Å². The molecule has 2 aromatic heterocycles. The number of carbonyl (C=O) groups excluding carboxylic acids is 1. The van der Waals surface area contributed by atoms with Crippen LogP contribution in [-0.2, 0) is 35.0 Å². The van der Waals surface area contributed by atoms with Gasteiger partial charge in [-0.3, -0.25) is 4.79 Å². The first-order chi connectivity index (χ1) is 19.0. The second-order valence-electron chi connectivity index (χ2n) is 8.82. The summed E-state index contributed by atoms with van der Waals surface area (Å²) < 4.78 is 96.4. The van der Waals surface area contributed by atoms with Crippen LogP contribution < -0.4 is 10.5 Å². The third-order valence-corrected chi connectivity index (χ3v) is 5.84. The lowest BCUT2D eigenvalue weighted by Gasteiger charge is -2.30. The van der Waals surface area contributed by atoms with E-state index < -0.39 is 49.2 Å². The molecule has 11 nitrogen and oxygen atoms in total. The fraction of sp³-hybridized carbons (Fsp3) is 0.348. The van der Waals surface area contributed by atoms with E-state index in [0.717, 1.165) is 4.57 Å². The van der Waals surface area contributed by atoms with Crippen LogP contribution in [0.4, 0.5) is 26.3 Å². The molecule has 3 heterocycles. The lowest BCUT2D eigenvalue weighted by molar-refractivity contribution is -0.148. The fourth-order valence-electron chi connectivity index (χ4n) is 4.10. The van der Waals surface area contributed by atoms with Crippen molar-refractivity contribution in [3.05, 3.63) is 65.0 Å². The van der Waals surface area contributed by atoms with Gasteiger partial charge in [-0.1, -0.05) is 0 Å². The molecule has 41 heavy (non-hydrogen) atoms. The first-order valence-corrected chi connectivity index (χ1v) is 13.2. The number of phosphoric acid groups is 1. The van der Waals surface area contributed by atoms with Gasteiger partial charge in [0.25, 0.3) is 0 Å². The lowest BCUT2D eigenvalue weighted by atomic mass is 10.0. The number of aromatic nitrogens is 3. The molecule has 1 aromatic carbocycles. The largest absolute Gasteiger partial charge is 0.481 e. The van der Waals surface area contributed by atoms with Gasteiger partial charge < -0.3 is 34.6 Å². The van der Waals surface area contributed by atoms with Crippen LogP contribution in [0.15, 0.2) is 30.5 Å². The molecule has 5 N–H and O–H groups in total. The topological polar surface area (TPSA) is 164 Å². The molecule has 18 heteroatoms. The first kappa shape index (κ1) is 32.0. The van der Waals surface area contributed by atoms with Crippen molar-refractivity contribution in [1.29, 1.82) is 0 Å². The van der Waals surface area contributed by atoms with Crippen molar-refractivity contribution >= 4 is 13.7 Å². The molecule has 1 aliphatic heterocycles. The zero-order valence-electron chi connectivity index (χ0n) is 21.1. The van der Waals surface area contributed by atoms with Crippen LogP contribution >= 0.6 is 7.82 Å². The number of halogens is 6. The number of carbonyl (C=O) groups is 1. The molecule has 4 rings (SSSR count). The van der Waals surface area contributed by atoms with E-state index in [4.69, 9.17) is 29.7 Å². The van der Waals surface area contributed by atoms with Gasteiger partial charge in [0.05, 0.1) is 25.0 Å². The van der Waals surface area contributed by atoms with E-state index in [1.54, 1.807) is 0 Å². The zero-order chi connectivity index (χ0) is 30.7. The lowest BCUT2D eigenvalue weighted by Crippen LogP contribution is -2.42. The summed E-state index contributed by atoms with van der Waals surface area (Å²) in [5.74, 6) is -4.87. The number of amides is 1. The highest BCUT2D eigenvalue weighted by atomic mass is 31.2. The third-order valence-electron chi connectivity index (χ3n) is 5.84. The second-order valence-corrected chi connectivity index (χ2v) is 9.85. The Morgan fingerprint density at radius 3 is 2.32 bits per heavy atom. The summed E-state index contributed by atoms with van der Waals surface area (Å²) in [6.45, 7) is -0.354. The van der Waals surface area contributed by atoms with Crippen LogP contribution in [0.5, 0.6) is 5.88 Å². The molecular weight excluding hydrogens is 587 g/mol. The van der Waals surface area contributed by atoms with Crippen molar-refractivity contribution < 1.29 is 55.1 Å². The zero-order valence-corrected chi connectivity index (χ0v) is 22.0. The SMILES string of the molecule is COc1ccc(-c2nc(C(F)(F)F)n3c2CN(C(=O)C[C@H](N)Cc2cc(F)c(F)cc2F)CC3)cn1.O=P(O)(O)O. The molecule has 1 amide bonds. The van der Waals surface area contributed by atoms with Crippen LogP contribution in [0.3, 0.4) is 0 Å². The molecule has 0 saturated heterocycles. The maximum Gasteiger partial charge on any atom is 0.466 e. The van der Waals surface area contributed by atoms with Gasteiger partial charge >= 0.3 is 14.0 Å². The average Bonchev–Trinajstić information content (AvgIpc) is 3.26. The Balaban J connectivity index is 0.000000850. The van der Waals surface area contributed by atoms with Crippen LogP contribution in [0.25, 0.3) is 11.3 Å². The summed E-state index contributed by atoms with van der Waals surface area (Å²) in [7, 11) is -3.24. The van der Waals surface area contributed by atoms with Crippen LogP contribution in [-0.4, -0.2) is 59.7 Å². The first-order valence-electron chi connectivity index (χ1n) is 11.6. The highest BCUT2D eigenvalue weighted by Crippen LogP contribution is 2.36. The molecule has 3 aromatic rings. The number of alkyl halides is 3. The predicted molar refractivity (Wildman–Crippen MR) is 129 cm³/mol. The van der Waals surface area contributed by atoms with Crippen molar-refractivity contribution in [2.24, 2.45) is 5.73 Å². The van der Waals surface area contributed by atoms with Crippen molar-refractivity contribution in [2.45, 2.75) is 38.1 Å². The van der Waals surface area contributed by atoms with Crippen LogP contribution in [0.1, 0.15) is 23.5 Å². The maximum atomic E-state index is 13.9. The Hall–Kier alpha value is -3.50. The Labute approximate surface area is 228 Å². The number of benzene rings is 1.